The highest BCUT2D eigenvalue weighted by Gasteiger charge is 2.33. The van der Waals surface area contributed by atoms with E-state index in [4.69, 9.17) is 33.3 Å². The molecular formula is C17H12Cl2N2O2S. The van der Waals surface area contributed by atoms with Gasteiger partial charge in [-0.15, -0.1) is 0 Å². The van der Waals surface area contributed by atoms with Gasteiger partial charge in [0.2, 0.25) is 0 Å². The first-order chi connectivity index (χ1) is 11.5. The summed E-state index contributed by atoms with van der Waals surface area (Å²) in [5.74, 6) is 0.479. The molecule has 7 heteroatoms. The molecule has 4 nitrogen and oxygen atoms in total. The van der Waals surface area contributed by atoms with Gasteiger partial charge in [0.25, 0.3) is 5.91 Å². The van der Waals surface area contributed by atoms with Crippen LogP contribution in [0.1, 0.15) is 5.56 Å². The third kappa shape index (κ3) is 3.29. The molecule has 1 saturated heterocycles. The lowest BCUT2D eigenvalue weighted by atomic mass is 10.2. The lowest BCUT2D eigenvalue weighted by Crippen LogP contribution is -2.28. The van der Waals surface area contributed by atoms with Crippen molar-refractivity contribution >= 4 is 57.8 Å². The largest absolute Gasteiger partial charge is 0.497 e. The molecule has 122 valence electrons. The Morgan fingerprint density at radius 1 is 1.12 bits per heavy atom. The molecule has 24 heavy (non-hydrogen) atoms. The van der Waals surface area contributed by atoms with Crippen molar-refractivity contribution in [2.24, 2.45) is 0 Å². The summed E-state index contributed by atoms with van der Waals surface area (Å²) in [4.78, 5) is 14.4. The molecule has 0 aliphatic carbocycles. The molecule has 3 rings (SSSR count). The Labute approximate surface area is 153 Å². The summed E-state index contributed by atoms with van der Waals surface area (Å²) in [6, 6.07) is 12.2. The number of halogens is 2. The van der Waals surface area contributed by atoms with Gasteiger partial charge < -0.3 is 4.74 Å². The Morgan fingerprint density at radius 2 is 1.83 bits per heavy atom. The van der Waals surface area contributed by atoms with Crippen LogP contribution < -0.4 is 9.64 Å². The molecule has 0 atom stereocenters. The highest BCUT2D eigenvalue weighted by Crippen LogP contribution is 2.37. The van der Waals surface area contributed by atoms with E-state index in [1.807, 2.05) is 24.3 Å². The Kier molecular flexibility index (Phi) is 4.85. The smallest absolute Gasteiger partial charge is 0.271 e. The van der Waals surface area contributed by atoms with E-state index in [0.29, 0.717) is 20.6 Å². The van der Waals surface area contributed by atoms with Gasteiger partial charge >= 0.3 is 0 Å². The van der Waals surface area contributed by atoms with Crippen molar-refractivity contribution in [2.75, 3.05) is 12.0 Å². The van der Waals surface area contributed by atoms with E-state index in [0.717, 1.165) is 23.1 Å². The van der Waals surface area contributed by atoms with Crippen LogP contribution in [0.15, 0.2) is 47.4 Å². The van der Waals surface area contributed by atoms with Crippen molar-refractivity contribution in [1.29, 1.82) is 5.41 Å². The van der Waals surface area contributed by atoms with Crippen molar-refractivity contribution in [1.82, 2.24) is 0 Å². The van der Waals surface area contributed by atoms with Gasteiger partial charge in [0.05, 0.1) is 27.7 Å². The summed E-state index contributed by atoms with van der Waals surface area (Å²) in [6.45, 7) is 0. The molecular weight excluding hydrogens is 367 g/mol. The van der Waals surface area contributed by atoms with E-state index in [2.05, 4.69) is 0 Å². The number of carbonyl (C=O) groups excluding carboxylic acids is 1. The number of ether oxygens (including phenoxy) is 1. The Hall–Kier alpha value is -1.95. The number of hydrogen-bond donors (Lipinski definition) is 1. The number of nitrogens with one attached hydrogen (secondary N) is 1. The maximum absolute atomic E-state index is 12.6. The Bertz CT molecular complexity index is 850. The average molecular weight is 379 g/mol. The molecule has 2 aromatic rings. The van der Waals surface area contributed by atoms with Crippen molar-refractivity contribution in [3.63, 3.8) is 0 Å². The number of methoxy groups -OCH3 is 1. The molecule has 0 unspecified atom stereocenters. The second-order valence-electron chi connectivity index (χ2n) is 4.93. The van der Waals surface area contributed by atoms with Gasteiger partial charge in [0.15, 0.2) is 5.17 Å². The van der Waals surface area contributed by atoms with Crippen molar-refractivity contribution in [2.45, 2.75) is 0 Å². The molecule has 0 aromatic heterocycles. The molecule has 0 spiro atoms. The zero-order chi connectivity index (χ0) is 17.3. The van der Waals surface area contributed by atoms with Gasteiger partial charge in [-0.3, -0.25) is 15.1 Å². The van der Waals surface area contributed by atoms with Gasteiger partial charge in [-0.05, 0) is 53.7 Å². The van der Waals surface area contributed by atoms with Crippen LogP contribution in [-0.4, -0.2) is 18.2 Å². The summed E-state index contributed by atoms with van der Waals surface area (Å²) >= 11 is 13.0. The van der Waals surface area contributed by atoms with Gasteiger partial charge in [-0.25, -0.2) is 0 Å². The number of nitrogens with zero attached hydrogens (tertiary/aromatic N) is 1. The zero-order valence-corrected chi connectivity index (χ0v) is 14.9. The zero-order valence-electron chi connectivity index (χ0n) is 12.5. The fourth-order valence-electron chi connectivity index (χ4n) is 2.20. The summed E-state index contributed by atoms with van der Waals surface area (Å²) < 4.78 is 5.11. The normalized spacial score (nSPS) is 16.1. The first kappa shape index (κ1) is 16.9. The fourth-order valence-corrected chi connectivity index (χ4v) is 3.35. The fraction of sp³-hybridized carbons (Fsp3) is 0.0588. The van der Waals surface area contributed by atoms with Crippen molar-refractivity contribution < 1.29 is 9.53 Å². The third-order valence-electron chi connectivity index (χ3n) is 3.40. The third-order valence-corrected chi connectivity index (χ3v) is 5.03. The molecule has 1 amide bonds. The SMILES string of the molecule is COc1ccc(/C=C2\SC(=N)N(c3ccc(Cl)c(Cl)c3)C2=O)cc1. The van der Waals surface area contributed by atoms with Gasteiger partial charge in [0, 0.05) is 0 Å². The van der Waals surface area contributed by atoms with Crippen molar-refractivity contribution in [3.05, 3.63) is 63.0 Å². The predicted octanol–water partition coefficient (Wildman–Crippen LogP) is 5.06. The maximum atomic E-state index is 12.6. The number of carbonyl (C=O) groups is 1. The van der Waals surface area contributed by atoms with Crippen LogP contribution in [0.2, 0.25) is 10.0 Å². The number of amides is 1. The molecule has 2 aromatic carbocycles. The predicted molar refractivity (Wildman–Crippen MR) is 100 cm³/mol. The van der Waals surface area contributed by atoms with E-state index in [1.54, 1.807) is 31.4 Å². The number of hydrogen-bond acceptors (Lipinski definition) is 4. The van der Waals surface area contributed by atoms with Crippen LogP contribution in [0.3, 0.4) is 0 Å². The number of anilines is 1. The van der Waals surface area contributed by atoms with E-state index in [1.165, 1.54) is 4.90 Å². The van der Waals surface area contributed by atoms with Crippen LogP contribution in [0.4, 0.5) is 5.69 Å². The summed E-state index contributed by atoms with van der Waals surface area (Å²) in [5, 5.41) is 8.96. The minimum atomic E-state index is -0.265. The first-order valence-electron chi connectivity index (χ1n) is 6.91. The Morgan fingerprint density at radius 3 is 2.46 bits per heavy atom. The maximum Gasteiger partial charge on any atom is 0.271 e. The highest BCUT2D eigenvalue weighted by atomic mass is 35.5. The standard InChI is InChI=1S/C17H12Cl2N2O2S/c1-23-12-5-2-10(3-6-12)8-15-16(22)21(17(20)24-15)11-4-7-13(18)14(19)9-11/h2-9,20H,1H3/b15-8-,20-17?. The number of rotatable bonds is 3. The molecule has 1 heterocycles. The lowest BCUT2D eigenvalue weighted by molar-refractivity contribution is -0.113. The van der Waals surface area contributed by atoms with Crippen LogP contribution in [0, 0.1) is 5.41 Å². The average Bonchev–Trinajstić information content (AvgIpc) is 2.85. The van der Waals surface area contributed by atoms with Gasteiger partial charge in [0.1, 0.15) is 5.75 Å². The molecule has 1 aliphatic heterocycles. The Balaban J connectivity index is 1.90. The minimum Gasteiger partial charge on any atom is -0.497 e. The molecule has 1 N–H and O–H groups in total. The van der Waals surface area contributed by atoms with Crippen LogP contribution in [0.5, 0.6) is 5.75 Å². The first-order valence-corrected chi connectivity index (χ1v) is 8.48. The second kappa shape index (κ2) is 6.89. The summed E-state index contributed by atoms with van der Waals surface area (Å²) in [6.07, 6.45) is 1.75. The van der Waals surface area contributed by atoms with Gasteiger partial charge in [-0.2, -0.15) is 0 Å². The molecule has 1 fully saturated rings. The van der Waals surface area contributed by atoms with E-state index in [9.17, 15) is 4.79 Å². The van der Waals surface area contributed by atoms with Crippen molar-refractivity contribution in [3.8, 4) is 5.75 Å². The number of thioether (sulfide) groups is 1. The van der Waals surface area contributed by atoms with E-state index in [-0.39, 0.29) is 11.1 Å². The number of amidine groups is 1. The molecule has 0 bridgehead atoms. The monoisotopic (exact) mass is 378 g/mol. The molecule has 0 radical (unpaired) electrons. The summed E-state index contributed by atoms with van der Waals surface area (Å²) in [7, 11) is 1.60. The quantitative estimate of drug-likeness (QED) is 0.759. The van der Waals surface area contributed by atoms with Crippen LogP contribution in [-0.2, 0) is 4.79 Å². The van der Waals surface area contributed by atoms with Crippen LogP contribution >= 0.6 is 35.0 Å². The summed E-state index contributed by atoms with van der Waals surface area (Å²) in [5.41, 5.74) is 1.38. The number of benzene rings is 2. The van der Waals surface area contributed by atoms with E-state index >= 15 is 0 Å². The minimum absolute atomic E-state index is 0.123. The second-order valence-corrected chi connectivity index (χ2v) is 6.77. The topological polar surface area (TPSA) is 53.4 Å². The molecule has 0 saturated carbocycles. The van der Waals surface area contributed by atoms with Crippen LogP contribution in [0.25, 0.3) is 6.08 Å². The lowest BCUT2D eigenvalue weighted by Gasteiger charge is -2.14. The molecule has 1 aliphatic rings. The van der Waals surface area contributed by atoms with E-state index < -0.39 is 0 Å². The van der Waals surface area contributed by atoms with Gasteiger partial charge in [-0.1, -0.05) is 35.3 Å². The highest BCUT2D eigenvalue weighted by molar-refractivity contribution is 8.19.